The zero-order valence-corrected chi connectivity index (χ0v) is 12.2. The van der Waals surface area contributed by atoms with Gasteiger partial charge in [-0.2, -0.15) is 13.2 Å². The van der Waals surface area contributed by atoms with Crippen molar-refractivity contribution in [3.8, 4) is 5.75 Å². The quantitative estimate of drug-likeness (QED) is 0.556. The Balaban J connectivity index is 0.00000289. The molecule has 0 N–H and O–H groups in total. The van der Waals surface area contributed by atoms with Crippen molar-refractivity contribution in [1.82, 2.24) is 0 Å². The molecule has 0 bridgehead atoms. The number of hydrogen-bond acceptors (Lipinski definition) is 1. The summed E-state index contributed by atoms with van der Waals surface area (Å²) in [7, 11) is 0. The summed E-state index contributed by atoms with van der Waals surface area (Å²) in [6, 6.07) is 1.22. The second-order valence-corrected chi connectivity index (χ2v) is 3.16. The molecule has 0 atom stereocenters. The van der Waals surface area contributed by atoms with Gasteiger partial charge in [0.1, 0.15) is 5.82 Å². The van der Waals surface area contributed by atoms with Gasteiger partial charge >= 0.3 is 64.5 Å². The van der Waals surface area contributed by atoms with E-state index in [0.717, 1.165) is 0 Å². The molecule has 18 heavy (non-hydrogen) atoms. The SMILES string of the molecule is Fc1ccc(OCC(F)(F)F)c([B-](F)(F)F)c1.[K+]. The molecule has 0 heterocycles. The first kappa shape index (κ1) is 18.2. The van der Waals surface area contributed by atoms with Gasteiger partial charge in [0.2, 0.25) is 0 Å². The molecule has 96 valence electrons. The average Bonchev–Trinajstić information content (AvgIpc) is 2.13. The van der Waals surface area contributed by atoms with Crippen LogP contribution in [-0.4, -0.2) is 19.8 Å². The third-order valence-corrected chi connectivity index (χ3v) is 1.72. The van der Waals surface area contributed by atoms with Gasteiger partial charge in [-0.15, -0.1) is 0 Å². The molecule has 0 aliphatic rings. The minimum Gasteiger partial charge on any atom is -0.487 e. The van der Waals surface area contributed by atoms with Gasteiger partial charge in [0.05, 0.1) is 5.75 Å². The minimum atomic E-state index is -5.64. The summed E-state index contributed by atoms with van der Waals surface area (Å²) in [5.74, 6) is -2.23. The first-order valence-electron chi connectivity index (χ1n) is 4.28. The van der Waals surface area contributed by atoms with E-state index in [-0.39, 0.29) is 57.5 Å². The van der Waals surface area contributed by atoms with Crippen molar-refractivity contribution >= 4 is 12.4 Å². The molecule has 0 saturated carbocycles. The van der Waals surface area contributed by atoms with Crippen molar-refractivity contribution in [2.45, 2.75) is 6.18 Å². The first-order valence-corrected chi connectivity index (χ1v) is 4.28. The maximum absolute atomic E-state index is 12.6. The summed E-state index contributed by atoms with van der Waals surface area (Å²) >= 11 is 0. The van der Waals surface area contributed by atoms with Crippen LogP contribution in [-0.2, 0) is 0 Å². The van der Waals surface area contributed by atoms with Crippen LogP contribution in [0.1, 0.15) is 0 Å². The molecule has 1 rings (SSSR count). The van der Waals surface area contributed by atoms with Gasteiger partial charge in [0, 0.05) is 0 Å². The summed E-state index contributed by atoms with van der Waals surface area (Å²) < 4.78 is 89.0. The van der Waals surface area contributed by atoms with E-state index in [0.29, 0.717) is 12.1 Å². The smallest absolute Gasteiger partial charge is 0.487 e. The van der Waals surface area contributed by atoms with Crippen LogP contribution in [0.15, 0.2) is 18.2 Å². The third kappa shape index (κ3) is 5.91. The van der Waals surface area contributed by atoms with Crippen molar-refractivity contribution in [3.63, 3.8) is 0 Å². The van der Waals surface area contributed by atoms with Crippen LogP contribution >= 0.6 is 0 Å². The van der Waals surface area contributed by atoms with Gasteiger partial charge in [-0.25, -0.2) is 4.39 Å². The monoisotopic (exact) mass is 300 g/mol. The summed E-state index contributed by atoms with van der Waals surface area (Å²) in [6.45, 7) is -7.50. The molecule has 0 aliphatic heterocycles. The summed E-state index contributed by atoms with van der Waals surface area (Å²) in [6.07, 6.45) is -4.76. The summed E-state index contributed by atoms with van der Waals surface area (Å²) in [5, 5.41) is 0. The van der Waals surface area contributed by atoms with Crippen LogP contribution in [0.2, 0.25) is 0 Å². The Morgan fingerprint density at radius 2 is 1.67 bits per heavy atom. The Morgan fingerprint density at radius 1 is 1.11 bits per heavy atom. The van der Waals surface area contributed by atoms with Crippen LogP contribution < -0.4 is 61.6 Å². The fourth-order valence-corrected chi connectivity index (χ4v) is 1.07. The molecule has 0 radical (unpaired) electrons. The van der Waals surface area contributed by atoms with E-state index in [4.69, 9.17) is 0 Å². The number of benzene rings is 1. The normalized spacial score (nSPS) is 11.9. The van der Waals surface area contributed by atoms with Gasteiger partial charge in [0.25, 0.3) is 0 Å². The summed E-state index contributed by atoms with van der Waals surface area (Å²) in [4.78, 5) is 0. The van der Waals surface area contributed by atoms with Crippen molar-refractivity contribution < 1.29 is 86.6 Å². The van der Waals surface area contributed by atoms with E-state index in [1.807, 2.05) is 0 Å². The number of halogens is 7. The maximum Gasteiger partial charge on any atom is 1.00 e. The number of alkyl halides is 3. The Labute approximate surface area is 140 Å². The fourth-order valence-electron chi connectivity index (χ4n) is 1.07. The van der Waals surface area contributed by atoms with Crippen LogP contribution in [0.5, 0.6) is 5.75 Å². The molecule has 0 spiro atoms. The zero-order chi connectivity index (χ0) is 13.3. The molecule has 0 amide bonds. The summed E-state index contributed by atoms with van der Waals surface area (Å²) in [5.41, 5.74) is -1.52. The van der Waals surface area contributed by atoms with E-state index in [1.54, 1.807) is 0 Å². The van der Waals surface area contributed by atoms with Crippen LogP contribution in [0.4, 0.5) is 30.5 Å². The minimum absolute atomic E-state index is 0. The Bertz CT molecular complexity index is 403. The number of ether oxygens (including phenoxy) is 1. The zero-order valence-electron chi connectivity index (χ0n) is 9.07. The standard InChI is InChI=1S/C8H5BF7O.K/c10-5-1-2-7(17-4-8(11,12)13)6(3-5)9(14,15)16;/h1-3H,4H2;/q-1;+1. The molecule has 0 aromatic heterocycles. The van der Waals surface area contributed by atoms with Crippen LogP contribution in [0.25, 0.3) is 0 Å². The molecule has 0 aliphatic carbocycles. The molecule has 0 fully saturated rings. The topological polar surface area (TPSA) is 9.23 Å². The van der Waals surface area contributed by atoms with Crippen LogP contribution in [0, 0.1) is 5.82 Å². The number of rotatable bonds is 3. The molecular formula is C8H5BF7KO. The van der Waals surface area contributed by atoms with E-state index < -0.39 is 36.8 Å². The molecule has 1 aromatic rings. The molecule has 1 aromatic carbocycles. The predicted octanol–water partition coefficient (Wildman–Crippen LogP) is -0.175. The fraction of sp³-hybridized carbons (Fsp3) is 0.250. The Morgan fingerprint density at radius 3 is 2.11 bits per heavy atom. The Kier molecular flexibility index (Phi) is 6.68. The Hall–Kier alpha value is 0.231. The van der Waals surface area contributed by atoms with Gasteiger partial charge in [-0.05, 0) is 18.2 Å². The molecular weight excluding hydrogens is 295 g/mol. The average molecular weight is 300 g/mol. The second-order valence-electron chi connectivity index (χ2n) is 3.16. The van der Waals surface area contributed by atoms with Gasteiger partial charge in [0.15, 0.2) is 6.61 Å². The van der Waals surface area contributed by atoms with E-state index in [9.17, 15) is 30.5 Å². The maximum atomic E-state index is 12.6. The van der Waals surface area contributed by atoms with E-state index in [1.165, 1.54) is 0 Å². The van der Waals surface area contributed by atoms with E-state index in [2.05, 4.69) is 4.74 Å². The van der Waals surface area contributed by atoms with Crippen molar-refractivity contribution in [2.24, 2.45) is 0 Å². The second kappa shape index (κ2) is 6.60. The van der Waals surface area contributed by atoms with Crippen molar-refractivity contribution in [1.29, 1.82) is 0 Å². The largest absolute Gasteiger partial charge is 1.00 e. The van der Waals surface area contributed by atoms with Crippen LogP contribution in [0.3, 0.4) is 0 Å². The molecule has 0 saturated heterocycles. The molecule has 10 heteroatoms. The predicted molar refractivity (Wildman–Crippen MR) is 46.7 cm³/mol. The molecule has 0 unspecified atom stereocenters. The van der Waals surface area contributed by atoms with Gasteiger partial charge in [-0.3, -0.25) is 0 Å². The van der Waals surface area contributed by atoms with Crippen molar-refractivity contribution in [3.05, 3.63) is 24.0 Å². The van der Waals surface area contributed by atoms with Gasteiger partial charge < -0.3 is 17.7 Å². The number of hydrogen-bond donors (Lipinski definition) is 0. The van der Waals surface area contributed by atoms with Gasteiger partial charge in [-0.1, -0.05) is 5.46 Å². The van der Waals surface area contributed by atoms with Crippen molar-refractivity contribution in [2.75, 3.05) is 6.61 Å². The first-order chi connectivity index (χ1) is 7.59. The third-order valence-electron chi connectivity index (χ3n) is 1.72. The molecule has 1 nitrogen and oxygen atoms in total. The van der Waals surface area contributed by atoms with E-state index >= 15 is 0 Å².